The van der Waals surface area contributed by atoms with Crippen molar-refractivity contribution in [1.29, 1.82) is 0 Å². The predicted octanol–water partition coefficient (Wildman–Crippen LogP) is 20.4. The largest absolute Gasteiger partial charge is 0.455 e. The van der Waals surface area contributed by atoms with Crippen LogP contribution >= 0.6 is 0 Å². The average Bonchev–Trinajstić information content (AvgIpc) is 4.28. The van der Waals surface area contributed by atoms with Crippen molar-refractivity contribution in [1.82, 2.24) is 0 Å². The Kier molecular flexibility index (Phi) is 10.5. The van der Waals surface area contributed by atoms with E-state index in [0.29, 0.717) is 0 Å². The Morgan fingerprint density at radius 2 is 0.805 bits per heavy atom. The number of para-hydroxylation sites is 1. The van der Waals surface area contributed by atoms with Crippen molar-refractivity contribution in [3.8, 4) is 55.6 Å². The molecule has 2 heteroatoms. The third-order valence-corrected chi connectivity index (χ3v) is 16.1. The first-order valence-corrected chi connectivity index (χ1v) is 26.6. The van der Waals surface area contributed by atoms with Gasteiger partial charge in [0.05, 0.1) is 16.5 Å². The van der Waals surface area contributed by atoms with Crippen LogP contribution in [0.3, 0.4) is 0 Å². The molecule has 0 aliphatic heterocycles. The molecule has 360 valence electrons. The number of nitrogens with zero attached hydrogens (tertiary/aromatic N) is 1. The summed E-state index contributed by atoms with van der Waals surface area (Å²) < 4.78 is 7.03. The molecule has 1 aliphatic carbocycles. The SMILES string of the molecule is c1ccc(C2(c3ccccc3)c3ccccc3-c3ccc(-c4cccc(N(c5ccc(-c6cccc(-c7cccc8ccccc78)c6)cc5)c5ccc(-c6cccc7ccccc67)c6oc7ccccc7c56)c4)cc32)cc1. The summed E-state index contributed by atoms with van der Waals surface area (Å²) >= 11 is 0. The van der Waals surface area contributed by atoms with Gasteiger partial charge in [0.25, 0.3) is 0 Å². The van der Waals surface area contributed by atoms with Crippen molar-refractivity contribution in [2.24, 2.45) is 0 Å². The highest BCUT2D eigenvalue weighted by Crippen LogP contribution is 2.57. The van der Waals surface area contributed by atoms with Crippen LogP contribution in [0.15, 0.2) is 302 Å². The molecule has 0 unspecified atom stereocenters. The maximum absolute atomic E-state index is 7.03. The highest BCUT2D eigenvalue weighted by atomic mass is 16.3. The van der Waals surface area contributed by atoms with Gasteiger partial charge in [-0.3, -0.25) is 0 Å². The van der Waals surface area contributed by atoms with E-state index in [4.69, 9.17) is 4.42 Å². The molecule has 13 aromatic carbocycles. The van der Waals surface area contributed by atoms with Crippen LogP contribution in [-0.2, 0) is 5.41 Å². The number of hydrogen-bond donors (Lipinski definition) is 0. The van der Waals surface area contributed by atoms with Crippen LogP contribution in [-0.4, -0.2) is 0 Å². The normalized spacial score (nSPS) is 12.5. The second-order valence-corrected chi connectivity index (χ2v) is 20.3. The summed E-state index contributed by atoms with van der Waals surface area (Å²) in [6.07, 6.45) is 0. The van der Waals surface area contributed by atoms with Gasteiger partial charge >= 0.3 is 0 Å². The zero-order valence-corrected chi connectivity index (χ0v) is 42.1. The van der Waals surface area contributed by atoms with Crippen LogP contribution < -0.4 is 4.90 Å². The molecule has 0 spiro atoms. The summed E-state index contributed by atoms with van der Waals surface area (Å²) in [4.78, 5) is 2.43. The van der Waals surface area contributed by atoms with Crippen molar-refractivity contribution in [2.45, 2.75) is 5.41 Å². The van der Waals surface area contributed by atoms with Crippen molar-refractivity contribution in [3.63, 3.8) is 0 Å². The number of rotatable bonds is 9. The number of furan rings is 1. The summed E-state index contributed by atoms with van der Waals surface area (Å²) in [5.74, 6) is 0. The Morgan fingerprint density at radius 3 is 1.56 bits per heavy atom. The van der Waals surface area contributed by atoms with E-state index in [1.807, 2.05) is 0 Å². The Hall–Kier alpha value is -10.0. The maximum atomic E-state index is 7.03. The van der Waals surface area contributed by atoms with Crippen molar-refractivity contribution in [3.05, 3.63) is 320 Å². The minimum absolute atomic E-state index is 0.510. The first kappa shape index (κ1) is 44.5. The molecule has 15 rings (SSSR count). The smallest absolute Gasteiger partial charge is 0.145 e. The molecule has 0 fully saturated rings. The van der Waals surface area contributed by atoms with Crippen molar-refractivity contribution in [2.75, 3.05) is 4.90 Å². The Labute approximate surface area is 448 Å². The fraction of sp³-hybridized carbons (Fsp3) is 0.0133. The number of fused-ring (bicyclic) bond motifs is 8. The van der Waals surface area contributed by atoms with E-state index >= 15 is 0 Å². The number of benzene rings is 13. The molecule has 0 atom stereocenters. The molecule has 14 aromatic rings. The lowest BCUT2D eigenvalue weighted by molar-refractivity contribution is 0.670. The topological polar surface area (TPSA) is 16.4 Å². The highest BCUT2D eigenvalue weighted by Gasteiger charge is 2.46. The Morgan fingerprint density at radius 1 is 0.286 bits per heavy atom. The molecule has 0 saturated carbocycles. The van der Waals surface area contributed by atoms with E-state index in [-0.39, 0.29) is 0 Å². The van der Waals surface area contributed by atoms with Crippen LogP contribution in [0.5, 0.6) is 0 Å². The van der Waals surface area contributed by atoms with Gasteiger partial charge in [-0.05, 0) is 148 Å². The Bertz CT molecular complexity index is 4520. The van der Waals surface area contributed by atoms with Crippen molar-refractivity contribution >= 4 is 60.5 Å². The predicted molar refractivity (Wildman–Crippen MR) is 322 cm³/mol. The second kappa shape index (κ2) is 18.1. The molecule has 2 nitrogen and oxygen atoms in total. The molecular weight excluding hydrogens is 931 g/mol. The lowest BCUT2D eigenvalue weighted by atomic mass is 9.67. The van der Waals surface area contributed by atoms with Crippen LogP contribution in [0.1, 0.15) is 22.3 Å². The van der Waals surface area contributed by atoms with Crippen LogP contribution in [0, 0.1) is 0 Å². The van der Waals surface area contributed by atoms with Gasteiger partial charge in [0.2, 0.25) is 0 Å². The summed E-state index contributed by atoms with van der Waals surface area (Å²) in [6.45, 7) is 0. The minimum atomic E-state index is -0.510. The highest BCUT2D eigenvalue weighted by molar-refractivity contribution is 6.18. The van der Waals surface area contributed by atoms with Crippen molar-refractivity contribution < 1.29 is 4.42 Å². The Balaban J connectivity index is 0.918. The average molecular weight is 980 g/mol. The molecule has 0 N–H and O–H groups in total. The van der Waals surface area contributed by atoms with Gasteiger partial charge in [-0.15, -0.1) is 0 Å². The molecule has 0 amide bonds. The van der Waals surface area contributed by atoms with E-state index in [2.05, 4.69) is 302 Å². The van der Waals surface area contributed by atoms with E-state index in [9.17, 15) is 0 Å². The van der Waals surface area contributed by atoms with Gasteiger partial charge in [-0.1, -0.05) is 243 Å². The standard InChI is InChI=1S/C75H49NO/c1-3-26-57(27-4-1)75(58-28-5-2-6-29-58)69-37-13-11-33-65(69)66-44-41-55(49-70(66)75)54-24-16-30-60(48-54)76(59-42-39-50(40-43-59)53-23-15-25-56(47-53)63-35-17-21-51-19-7-9-31-61(51)63)71-46-45-67(64-36-18-22-52-20-8-10-32-62(52)64)74-73(71)68-34-12-14-38-72(68)77-74/h1-49H. The lowest BCUT2D eigenvalue weighted by Crippen LogP contribution is -2.28. The molecular formula is C75H49NO. The molecule has 0 bridgehead atoms. The molecule has 0 radical (unpaired) electrons. The fourth-order valence-corrected chi connectivity index (χ4v) is 12.7. The van der Waals surface area contributed by atoms with E-state index in [1.54, 1.807) is 0 Å². The molecule has 0 saturated heterocycles. The van der Waals surface area contributed by atoms with E-state index < -0.39 is 5.41 Å². The van der Waals surface area contributed by atoms with E-state index in [1.165, 1.54) is 71.6 Å². The van der Waals surface area contributed by atoms with Gasteiger partial charge in [0.1, 0.15) is 11.2 Å². The van der Waals surface area contributed by atoms with Gasteiger partial charge in [0.15, 0.2) is 0 Å². The third-order valence-electron chi connectivity index (χ3n) is 16.1. The summed E-state index contributed by atoms with van der Waals surface area (Å²) in [6, 6.07) is 109. The monoisotopic (exact) mass is 979 g/mol. The summed E-state index contributed by atoms with van der Waals surface area (Å²) in [5, 5.41) is 7.01. The van der Waals surface area contributed by atoms with E-state index in [0.717, 1.165) is 66.8 Å². The zero-order valence-electron chi connectivity index (χ0n) is 42.1. The molecule has 77 heavy (non-hydrogen) atoms. The first-order chi connectivity index (χ1) is 38.2. The van der Waals surface area contributed by atoms with Gasteiger partial charge in [-0.25, -0.2) is 0 Å². The molecule has 1 heterocycles. The summed E-state index contributed by atoms with van der Waals surface area (Å²) in [7, 11) is 0. The van der Waals surface area contributed by atoms with Crippen LogP contribution in [0.4, 0.5) is 17.1 Å². The van der Waals surface area contributed by atoms with Crippen LogP contribution in [0.2, 0.25) is 0 Å². The molecule has 1 aliphatic rings. The number of hydrogen-bond acceptors (Lipinski definition) is 2. The fourth-order valence-electron chi connectivity index (χ4n) is 12.7. The quantitative estimate of drug-likeness (QED) is 0.143. The minimum Gasteiger partial charge on any atom is -0.455 e. The van der Waals surface area contributed by atoms with Gasteiger partial charge in [-0.2, -0.15) is 0 Å². The first-order valence-electron chi connectivity index (χ1n) is 26.6. The third kappa shape index (κ3) is 7.18. The molecule has 1 aromatic heterocycles. The van der Waals surface area contributed by atoms with Gasteiger partial charge in [0, 0.05) is 22.3 Å². The van der Waals surface area contributed by atoms with Crippen LogP contribution in [0.25, 0.3) is 99.1 Å². The summed E-state index contributed by atoms with van der Waals surface area (Å²) in [5.41, 5.74) is 21.2. The lowest BCUT2D eigenvalue weighted by Gasteiger charge is -2.34. The number of anilines is 3. The van der Waals surface area contributed by atoms with Gasteiger partial charge < -0.3 is 9.32 Å². The zero-order chi connectivity index (χ0) is 50.9. The second-order valence-electron chi connectivity index (χ2n) is 20.3. The maximum Gasteiger partial charge on any atom is 0.145 e.